The summed E-state index contributed by atoms with van der Waals surface area (Å²) >= 11 is 5.89. The molecule has 4 rings (SSSR count). The maximum Gasteiger partial charge on any atom is 0.269 e. The largest absolute Gasteiger partial charge is 0.368 e. The quantitative estimate of drug-likeness (QED) is 0.453. The van der Waals surface area contributed by atoms with Crippen LogP contribution >= 0.6 is 11.6 Å². The van der Waals surface area contributed by atoms with Gasteiger partial charge in [-0.05, 0) is 41.6 Å². The lowest BCUT2D eigenvalue weighted by molar-refractivity contribution is -0.384. The Hall–Kier alpha value is -3.53. The first-order valence-electron chi connectivity index (χ1n) is 9.30. The lowest BCUT2D eigenvalue weighted by Crippen LogP contribution is -2.49. The number of hydrogen-bond acceptors (Lipinski definition) is 7. The summed E-state index contributed by atoms with van der Waals surface area (Å²) in [6.07, 6.45) is 0. The number of tetrazole rings is 1. The number of amides is 1. The Morgan fingerprint density at radius 3 is 2.33 bits per heavy atom. The molecule has 10 nitrogen and oxygen atoms in total. The van der Waals surface area contributed by atoms with Crippen LogP contribution in [0.2, 0.25) is 5.02 Å². The molecule has 0 N–H and O–H groups in total. The average molecular weight is 428 g/mol. The van der Waals surface area contributed by atoms with Crippen LogP contribution in [0.15, 0.2) is 48.5 Å². The van der Waals surface area contributed by atoms with Crippen LogP contribution in [0.5, 0.6) is 0 Å². The van der Waals surface area contributed by atoms with Gasteiger partial charge in [0.15, 0.2) is 0 Å². The molecule has 0 saturated carbocycles. The van der Waals surface area contributed by atoms with E-state index in [9.17, 15) is 14.9 Å². The Kier molecular flexibility index (Phi) is 5.57. The number of piperazine rings is 1. The second kappa shape index (κ2) is 8.46. The van der Waals surface area contributed by atoms with E-state index in [-0.39, 0.29) is 18.1 Å². The Bertz CT molecular complexity index is 1040. The van der Waals surface area contributed by atoms with E-state index in [1.807, 2.05) is 0 Å². The fourth-order valence-electron chi connectivity index (χ4n) is 3.24. The molecule has 11 heteroatoms. The van der Waals surface area contributed by atoms with Gasteiger partial charge in [0.25, 0.3) is 5.69 Å². The number of rotatable bonds is 5. The van der Waals surface area contributed by atoms with Gasteiger partial charge in [0.1, 0.15) is 6.54 Å². The first kappa shape index (κ1) is 19.8. The molecular weight excluding hydrogens is 410 g/mol. The van der Waals surface area contributed by atoms with Crippen molar-refractivity contribution >= 4 is 28.9 Å². The maximum atomic E-state index is 12.6. The Morgan fingerprint density at radius 1 is 1.03 bits per heavy atom. The zero-order valence-corrected chi connectivity index (χ0v) is 16.6. The smallest absolute Gasteiger partial charge is 0.269 e. The molecular formula is C19H18ClN7O3. The number of halogens is 1. The summed E-state index contributed by atoms with van der Waals surface area (Å²) < 4.78 is 0. The molecule has 1 fully saturated rings. The summed E-state index contributed by atoms with van der Waals surface area (Å²) in [5, 5.41) is 23.6. The van der Waals surface area contributed by atoms with Crippen molar-refractivity contribution in [1.29, 1.82) is 0 Å². The predicted molar refractivity (Wildman–Crippen MR) is 110 cm³/mol. The zero-order chi connectivity index (χ0) is 21.1. The van der Waals surface area contributed by atoms with Crippen molar-refractivity contribution in [2.45, 2.75) is 6.54 Å². The second-order valence-electron chi connectivity index (χ2n) is 6.79. The minimum atomic E-state index is -0.420. The maximum absolute atomic E-state index is 12.6. The topological polar surface area (TPSA) is 110 Å². The standard InChI is InChI=1S/C19H18ClN7O3/c20-15-3-1-14(2-4-15)19-21-23-26(22-19)13-18(28)25-11-9-24(10-12-25)16-5-7-17(8-6-16)27(29)30/h1-8H,9-13H2. The minimum absolute atomic E-state index is 0.0120. The van der Waals surface area contributed by atoms with E-state index in [1.165, 1.54) is 16.9 Å². The number of carbonyl (C=O) groups excluding carboxylic acids is 1. The molecule has 0 aliphatic carbocycles. The van der Waals surface area contributed by atoms with Crippen molar-refractivity contribution in [2.24, 2.45) is 0 Å². The summed E-state index contributed by atoms with van der Waals surface area (Å²) in [6, 6.07) is 13.5. The van der Waals surface area contributed by atoms with Crippen LogP contribution in [0, 0.1) is 10.1 Å². The van der Waals surface area contributed by atoms with Crippen LogP contribution in [0.3, 0.4) is 0 Å². The molecule has 1 aliphatic heterocycles. The van der Waals surface area contributed by atoms with E-state index in [1.54, 1.807) is 41.3 Å². The van der Waals surface area contributed by atoms with Gasteiger partial charge >= 0.3 is 0 Å². The van der Waals surface area contributed by atoms with Gasteiger partial charge in [-0.3, -0.25) is 14.9 Å². The molecule has 1 saturated heterocycles. The van der Waals surface area contributed by atoms with Crippen LogP contribution in [0.25, 0.3) is 11.4 Å². The molecule has 2 heterocycles. The van der Waals surface area contributed by atoms with Crippen molar-refractivity contribution < 1.29 is 9.72 Å². The molecule has 154 valence electrons. The fourth-order valence-corrected chi connectivity index (χ4v) is 3.37. The molecule has 2 aromatic carbocycles. The van der Waals surface area contributed by atoms with E-state index < -0.39 is 4.92 Å². The first-order chi connectivity index (χ1) is 14.5. The number of anilines is 1. The first-order valence-corrected chi connectivity index (χ1v) is 9.68. The number of benzene rings is 2. The fraction of sp³-hybridized carbons (Fsp3) is 0.263. The summed E-state index contributed by atoms with van der Waals surface area (Å²) in [6.45, 7) is 2.40. The van der Waals surface area contributed by atoms with Crippen molar-refractivity contribution in [3.8, 4) is 11.4 Å². The van der Waals surface area contributed by atoms with Crippen LogP contribution in [0.4, 0.5) is 11.4 Å². The van der Waals surface area contributed by atoms with Gasteiger partial charge in [-0.2, -0.15) is 4.80 Å². The number of hydrogen-bond donors (Lipinski definition) is 0. The molecule has 1 aromatic heterocycles. The van der Waals surface area contributed by atoms with Gasteiger partial charge in [0.05, 0.1) is 4.92 Å². The lowest BCUT2D eigenvalue weighted by Gasteiger charge is -2.36. The molecule has 0 unspecified atom stereocenters. The van der Waals surface area contributed by atoms with Gasteiger partial charge in [0.2, 0.25) is 11.7 Å². The third kappa shape index (κ3) is 4.38. The van der Waals surface area contributed by atoms with E-state index in [2.05, 4.69) is 20.3 Å². The van der Waals surface area contributed by atoms with Crippen LogP contribution < -0.4 is 4.90 Å². The molecule has 0 bridgehead atoms. The van der Waals surface area contributed by atoms with E-state index in [4.69, 9.17) is 11.6 Å². The molecule has 0 atom stereocenters. The normalized spacial score (nSPS) is 14.0. The highest BCUT2D eigenvalue weighted by molar-refractivity contribution is 6.30. The van der Waals surface area contributed by atoms with E-state index in [0.717, 1.165) is 11.3 Å². The minimum Gasteiger partial charge on any atom is -0.368 e. The number of non-ortho nitro benzene ring substituents is 1. The number of carbonyl (C=O) groups is 1. The van der Waals surface area contributed by atoms with E-state index >= 15 is 0 Å². The number of aromatic nitrogens is 4. The van der Waals surface area contributed by atoms with Crippen LogP contribution in [-0.2, 0) is 11.3 Å². The molecule has 3 aromatic rings. The van der Waals surface area contributed by atoms with Crippen LogP contribution in [0.1, 0.15) is 0 Å². The highest BCUT2D eigenvalue weighted by Gasteiger charge is 2.22. The lowest BCUT2D eigenvalue weighted by atomic mass is 10.2. The molecule has 1 amide bonds. The Balaban J connectivity index is 1.32. The summed E-state index contributed by atoms with van der Waals surface area (Å²) in [5.74, 6) is 0.348. The van der Waals surface area contributed by atoms with E-state index in [0.29, 0.717) is 37.0 Å². The van der Waals surface area contributed by atoms with Crippen molar-refractivity contribution in [3.05, 3.63) is 63.7 Å². The van der Waals surface area contributed by atoms with Crippen molar-refractivity contribution in [2.75, 3.05) is 31.1 Å². The monoisotopic (exact) mass is 427 g/mol. The Morgan fingerprint density at radius 2 is 1.70 bits per heavy atom. The predicted octanol–water partition coefficient (Wildman–Crippen LogP) is 2.25. The average Bonchev–Trinajstić information content (AvgIpc) is 3.23. The zero-order valence-electron chi connectivity index (χ0n) is 15.9. The Labute approximate surface area is 176 Å². The second-order valence-corrected chi connectivity index (χ2v) is 7.23. The molecule has 0 spiro atoms. The van der Waals surface area contributed by atoms with Gasteiger partial charge in [-0.25, -0.2) is 0 Å². The van der Waals surface area contributed by atoms with Gasteiger partial charge < -0.3 is 9.80 Å². The SMILES string of the molecule is O=C(Cn1nnc(-c2ccc(Cl)cc2)n1)N1CCN(c2ccc([N+](=O)[O-])cc2)CC1. The van der Waals surface area contributed by atoms with Crippen molar-refractivity contribution in [1.82, 2.24) is 25.1 Å². The third-order valence-electron chi connectivity index (χ3n) is 4.89. The third-order valence-corrected chi connectivity index (χ3v) is 5.14. The summed E-state index contributed by atoms with van der Waals surface area (Å²) in [4.78, 5) is 28.1. The van der Waals surface area contributed by atoms with Gasteiger partial charge in [0, 0.05) is 54.6 Å². The molecule has 0 radical (unpaired) electrons. The summed E-state index contributed by atoms with van der Waals surface area (Å²) in [5.41, 5.74) is 1.74. The molecule has 30 heavy (non-hydrogen) atoms. The van der Waals surface area contributed by atoms with Crippen molar-refractivity contribution in [3.63, 3.8) is 0 Å². The number of nitro groups is 1. The van der Waals surface area contributed by atoms with Crippen LogP contribution in [-0.4, -0.2) is 62.1 Å². The summed E-state index contributed by atoms with van der Waals surface area (Å²) in [7, 11) is 0. The number of nitrogens with zero attached hydrogens (tertiary/aromatic N) is 7. The van der Waals surface area contributed by atoms with Gasteiger partial charge in [-0.1, -0.05) is 11.6 Å². The highest BCUT2D eigenvalue weighted by Crippen LogP contribution is 2.21. The highest BCUT2D eigenvalue weighted by atomic mass is 35.5. The van der Waals surface area contributed by atoms with Gasteiger partial charge in [-0.15, -0.1) is 10.2 Å². The molecule has 1 aliphatic rings. The number of nitro benzene ring substituents is 1.